The van der Waals surface area contributed by atoms with Crippen LogP contribution in [0.15, 0.2) is 55.6 Å². The molecule has 0 amide bonds. The number of hydrogen-bond donors (Lipinski definition) is 0. The van der Waals surface area contributed by atoms with Crippen LogP contribution in [0, 0.1) is 0 Å². The lowest BCUT2D eigenvalue weighted by atomic mass is 9.76. The van der Waals surface area contributed by atoms with E-state index in [0.717, 1.165) is 5.56 Å². The molecular weight excluding hydrogens is 272 g/mol. The highest BCUT2D eigenvalue weighted by Gasteiger charge is 2.40. The van der Waals surface area contributed by atoms with Crippen molar-refractivity contribution in [2.75, 3.05) is 5.75 Å². The third-order valence-corrected chi connectivity index (χ3v) is 4.71. The quantitative estimate of drug-likeness (QED) is 0.549. The number of thiocarbonyl (C=S) groups is 1. The van der Waals surface area contributed by atoms with Crippen molar-refractivity contribution in [3.05, 3.63) is 61.2 Å². The van der Waals surface area contributed by atoms with Crippen LogP contribution in [0.25, 0.3) is 0 Å². The van der Waals surface area contributed by atoms with Gasteiger partial charge in [0.15, 0.2) is 0 Å². The smallest absolute Gasteiger partial charge is 0.146 e. The lowest BCUT2D eigenvalue weighted by Gasteiger charge is -2.31. The molecule has 0 spiro atoms. The molecule has 0 saturated carbocycles. The topological polar surface area (TPSA) is 17.1 Å². The summed E-state index contributed by atoms with van der Waals surface area (Å²) in [4.78, 5) is 12.3. The molecule has 0 aliphatic heterocycles. The van der Waals surface area contributed by atoms with Crippen LogP contribution in [0.1, 0.15) is 18.9 Å². The molecule has 19 heavy (non-hydrogen) atoms. The van der Waals surface area contributed by atoms with Gasteiger partial charge in [0.25, 0.3) is 0 Å². The molecule has 1 aromatic rings. The van der Waals surface area contributed by atoms with E-state index in [0.29, 0.717) is 16.4 Å². The van der Waals surface area contributed by atoms with Crippen LogP contribution < -0.4 is 0 Å². The minimum Gasteiger partial charge on any atom is -0.299 e. The van der Waals surface area contributed by atoms with Crippen LogP contribution in [0.3, 0.4) is 0 Å². The Bertz CT molecular complexity index is 479. The van der Waals surface area contributed by atoms with Crippen LogP contribution >= 0.6 is 24.0 Å². The molecule has 0 heterocycles. The highest BCUT2D eigenvalue weighted by atomic mass is 32.2. The molecule has 0 aromatic heterocycles. The maximum atomic E-state index is 12.3. The summed E-state index contributed by atoms with van der Waals surface area (Å²) < 4.78 is 0.686. The van der Waals surface area contributed by atoms with E-state index in [2.05, 4.69) is 13.2 Å². The number of rotatable bonds is 7. The van der Waals surface area contributed by atoms with Gasteiger partial charge in [-0.1, -0.05) is 54.7 Å². The summed E-state index contributed by atoms with van der Waals surface area (Å²) in [6.45, 7) is 9.06. The second-order valence-corrected chi connectivity index (χ2v) is 5.90. The second-order valence-electron chi connectivity index (χ2n) is 4.21. The number of benzene rings is 1. The Labute approximate surface area is 124 Å². The van der Waals surface area contributed by atoms with E-state index in [-0.39, 0.29) is 5.78 Å². The molecule has 1 aromatic carbocycles. The Kier molecular flexibility index (Phi) is 6.19. The van der Waals surface area contributed by atoms with Gasteiger partial charge in [0.1, 0.15) is 5.78 Å². The molecular formula is C16H18OS2. The zero-order valence-corrected chi connectivity index (χ0v) is 12.7. The van der Waals surface area contributed by atoms with Crippen molar-refractivity contribution < 1.29 is 4.79 Å². The fraction of sp³-hybridized carbons (Fsp3) is 0.250. The summed E-state index contributed by atoms with van der Waals surface area (Å²) in [6, 6.07) is 9.69. The fourth-order valence-electron chi connectivity index (χ4n) is 2.01. The molecule has 0 saturated heterocycles. The Hall–Kier alpha value is -1.19. The van der Waals surface area contributed by atoms with Crippen molar-refractivity contribution in [1.29, 1.82) is 0 Å². The molecule has 0 radical (unpaired) electrons. The summed E-state index contributed by atoms with van der Waals surface area (Å²) in [5, 5.41) is 0. The Morgan fingerprint density at radius 1 is 1.32 bits per heavy atom. The van der Waals surface area contributed by atoms with Crippen molar-refractivity contribution in [1.82, 2.24) is 0 Å². The minimum atomic E-state index is -0.758. The van der Waals surface area contributed by atoms with Crippen molar-refractivity contribution in [2.24, 2.45) is 0 Å². The maximum absolute atomic E-state index is 12.3. The summed E-state index contributed by atoms with van der Waals surface area (Å²) in [5.74, 6) is 0.762. The summed E-state index contributed by atoms with van der Waals surface area (Å²) in [6.07, 6.45) is 4.07. The first-order chi connectivity index (χ1) is 9.09. The molecule has 0 N–H and O–H groups in total. The predicted octanol–water partition coefficient (Wildman–Crippen LogP) is 4.34. The average Bonchev–Trinajstić information content (AvgIpc) is 2.42. The van der Waals surface area contributed by atoms with Crippen molar-refractivity contribution in [2.45, 2.75) is 18.8 Å². The fourth-order valence-corrected chi connectivity index (χ4v) is 3.42. The molecule has 0 fully saturated rings. The third kappa shape index (κ3) is 3.43. The van der Waals surface area contributed by atoms with Crippen LogP contribution in [0.2, 0.25) is 0 Å². The Balaban J connectivity index is 3.29. The highest BCUT2D eigenvalue weighted by molar-refractivity contribution is 8.23. The van der Waals surface area contributed by atoms with Crippen LogP contribution in [0.4, 0.5) is 0 Å². The first kappa shape index (κ1) is 15.9. The van der Waals surface area contributed by atoms with Crippen molar-refractivity contribution in [3.8, 4) is 0 Å². The van der Waals surface area contributed by atoms with Gasteiger partial charge in [-0.25, -0.2) is 0 Å². The van der Waals surface area contributed by atoms with Gasteiger partial charge in [-0.2, -0.15) is 0 Å². The first-order valence-corrected chi connectivity index (χ1v) is 7.44. The highest BCUT2D eigenvalue weighted by Crippen LogP contribution is 2.36. The van der Waals surface area contributed by atoms with E-state index in [4.69, 9.17) is 12.2 Å². The number of carbonyl (C=O) groups excluding carboxylic acids is 1. The van der Waals surface area contributed by atoms with Gasteiger partial charge >= 0.3 is 0 Å². The van der Waals surface area contributed by atoms with Gasteiger partial charge in [0.2, 0.25) is 0 Å². The molecule has 1 atom stereocenters. The Morgan fingerprint density at radius 3 is 2.42 bits per heavy atom. The predicted molar refractivity (Wildman–Crippen MR) is 88.9 cm³/mol. The Morgan fingerprint density at radius 2 is 1.95 bits per heavy atom. The minimum absolute atomic E-state index is 0.0557. The van der Waals surface area contributed by atoms with Crippen LogP contribution in [-0.2, 0) is 10.2 Å². The van der Waals surface area contributed by atoms with Gasteiger partial charge < -0.3 is 0 Å². The molecule has 1 nitrogen and oxygen atoms in total. The molecule has 0 aliphatic carbocycles. The van der Waals surface area contributed by atoms with Gasteiger partial charge in [-0.05, 0) is 18.9 Å². The zero-order valence-electron chi connectivity index (χ0n) is 11.1. The summed E-state index contributed by atoms with van der Waals surface area (Å²) in [7, 11) is 0. The normalized spacial score (nSPS) is 13.3. The molecule has 100 valence electrons. The molecule has 0 aliphatic rings. The van der Waals surface area contributed by atoms with Gasteiger partial charge in [0, 0.05) is 5.75 Å². The lowest BCUT2D eigenvalue weighted by Crippen LogP contribution is -2.40. The monoisotopic (exact) mass is 290 g/mol. The lowest BCUT2D eigenvalue weighted by molar-refractivity contribution is -0.120. The van der Waals surface area contributed by atoms with E-state index in [1.54, 1.807) is 19.1 Å². The van der Waals surface area contributed by atoms with E-state index in [1.807, 2.05) is 30.3 Å². The SMILES string of the molecule is C=CCSC(=S)C(CC=C)(C(C)=O)c1ccccc1. The van der Waals surface area contributed by atoms with Gasteiger partial charge in [-0.15, -0.1) is 24.9 Å². The summed E-state index contributed by atoms with van der Waals surface area (Å²) in [5.41, 5.74) is 0.176. The van der Waals surface area contributed by atoms with Crippen molar-refractivity contribution >= 4 is 34.0 Å². The number of carbonyl (C=O) groups is 1. The number of Topliss-reactive ketones (excluding diaryl/α,β-unsaturated/α-hetero) is 1. The number of hydrogen-bond acceptors (Lipinski definition) is 3. The van der Waals surface area contributed by atoms with Crippen LogP contribution in [0.5, 0.6) is 0 Å². The number of ketones is 1. The average molecular weight is 290 g/mol. The molecule has 1 unspecified atom stereocenters. The van der Waals surface area contributed by atoms with Gasteiger partial charge in [0.05, 0.1) is 9.61 Å². The van der Waals surface area contributed by atoms with E-state index >= 15 is 0 Å². The zero-order chi connectivity index (χ0) is 14.3. The molecule has 1 rings (SSSR count). The van der Waals surface area contributed by atoms with Gasteiger partial charge in [-0.3, -0.25) is 4.79 Å². The maximum Gasteiger partial charge on any atom is 0.146 e. The van der Waals surface area contributed by atoms with E-state index in [9.17, 15) is 4.79 Å². The van der Waals surface area contributed by atoms with Crippen molar-refractivity contribution in [3.63, 3.8) is 0 Å². The molecule has 3 heteroatoms. The standard InChI is InChI=1S/C16H18OS2/c1-4-11-16(13(3)17,15(18)19-12-5-2)14-9-7-6-8-10-14/h4-10H,1-2,11-12H2,3H3. The van der Waals surface area contributed by atoms with E-state index < -0.39 is 5.41 Å². The number of allylic oxidation sites excluding steroid dienone is 1. The van der Waals surface area contributed by atoms with Crippen LogP contribution in [-0.4, -0.2) is 15.7 Å². The largest absolute Gasteiger partial charge is 0.299 e. The van der Waals surface area contributed by atoms with E-state index in [1.165, 1.54) is 11.8 Å². The third-order valence-electron chi connectivity index (χ3n) is 3.00. The molecule has 0 bridgehead atoms. The summed E-state index contributed by atoms with van der Waals surface area (Å²) >= 11 is 7.01. The first-order valence-electron chi connectivity index (χ1n) is 6.05. The second kappa shape index (κ2) is 7.41. The number of thioether (sulfide) groups is 1.